The first-order valence-corrected chi connectivity index (χ1v) is 6.88. The second-order valence-electron chi connectivity index (χ2n) is 4.16. The molecule has 88 valence electrons. The molecule has 2 N–H and O–H groups in total. The number of hydrogen-bond donors (Lipinski definition) is 1. The van der Waals surface area contributed by atoms with Crippen LogP contribution in [-0.2, 0) is 11.5 Å². The van der Waals surface area contributed by atoms with Crippen molar-refractivity contribution in [3.05, 3.63) is 65.2 Å². The monoisotopic (exact) mass is 243 g/mol. The van der Waals surface area contributed by atoms with Crippen molar-refractivity contribution >= 4 is 17.4 Å². The quantitative estimate of drug-likeness (QED) is 0.821. The number of nitrogen functional groups attached to an aromatic ring is 1. The van der Waals surface area contributed by atoms with E-state index in [2.05, 4.69) is 37.3 Å². The molecule has 0 heterocycles. The van der Waals surface area contributed by atoms with Gasteiger partial charge in [0.2, 0.25) is 0 Å². The number of aryl methyl sites for hydroxylation is 1. The number of nitrogens with two attached hydrogens (primary N) is 1. The Morgan fingerprint density at radius 2 is 1.82 bits per heavy atom. The maximum Gasteiger partial charge on any atom is 0.0317 e. The SMILES string of the molecule is Cc1ccccc1CSCc1cccc(N)c1. The third-order valence-electron chi connectivity index (χ3n) is 2.74. The van der Waals surface area contributed by atoms with Gasteiger partial charge in [0.05, 0.1) is 0 Å². The molecule has 0 bridgehead atoms. The van der Waals surface area contributed by atoms with Crippen LogP contribution in [0.2, 0.25) is 0 Å². The molecule has 0 aromatic heterocycles. The van der Waals surface area contributed by atoms with Crippen LogP contribution in [0, 0.1) is 6.92 Å². The first-order valence-electron chi connectivity index (χ1n) is 5.72. The lowest BCUT2D eigenvalue weighted by atomic mass is 10.1. The third kappa shape index (κ3) is 3.53. The summed E-state index contributed by atoms with van der Waals surface area (Å²) in [6.07, 6.45) is 0. The summed E-state index contributed by atoms with van der Waals surface area (Å²) in [6, 6.07) is 16.7. The number of rotatable bonds is 4. The molecular weight excluding hydrogens is 226 g/mol. The Morgan fingerprint density at radius 3 is 2.59 bits per heavy atom. The summed E-state index contributed by atoms with van der Waals surface area (Å²) >= 11 is 1.93. The van der Waals surface area contributed by atoms with Crippen molar-refractivity contribution in [2.45, 2.75) is 18.4 Å². The molecule has 0 aliphatic rings. The predicted octanol–water partition coefficient (Wildman–Crippen LogP) is 4.01. The standard InChI is InChI=1S/C15H17NS/c1-12-5-2-3-7-14(12)11-17-10-13-6-4-8-15(16)9-13/h2-9H,10-11,16H2,1H3. The molecule has 0 amide bonds. The Morgan fingerprint density at radius 1 is 1.00 bits per heavy atom. The summed E-state index contributed by atoms with van der Waals surface area (Å²) in [6.45, 7) is 2.16. The third-order valence-corrected chi connectivity index (χ3v) is 3.79. The fourth-order valence-corrected chi connectivity index (χ4v) is 2.79. The molecule has 17 heavy (non-hydrogen) atoms. The first kappa shape index (κ1) is 12.1. The topological polar surface area (TPSA) is 26.0 Å². The molecule has 2 rings (SSSR count). The van der Waals surface area contributed by atoms with Gasteiger partial charge in [-0.25, -0.2) is 0 Å². The number of hydrogen-bond acceptors (Lipinski definition) is 2. The number of benzene rings is 2. The van der Waals surface area contributed by atoms with Crippen molar-refractivity contribution in [2.24, 2.45) is 0 Å². The van der Waals surface area contributed by atoms with Crippen LogP contribution in [0.4, 0.5) is 5.69 Å². The minimum absolute atomic E-state index is 0.846. The lowest BCUT2D eigenvalue weighted by molar-refractivity contribution is 1.30. The molecule has 0 unspecified atom stereocenters. The van der Waals surface area contributed by atoms with E-state index in [4.69, 9.17) is 5.73 Å². The number of anilines is 1. The van der Waals surface area contributed by atoms with Crippen LogP contribution in [0.1, 0.15) is 16.7 Å². The molecule has 0 saturated carbocycles. The van der Waals surface area contributed by atoms with Gasteiger partial charge in [0.25, 0.3) is 0 Å². The smallest absolute Gasteiger partial charge is 0.0317 e. The maximum atomic E-state index is 5.76. The second kappa shape index (κ2) is 5.78. The lowest BCUT2D eigenvalue weighted by Gasteiger charge is -2.06. The highest BCUT2D eigenvalue weighted by Gasteiger charge is 1.98. The Balaban J connectivity index is 1.90. The van der Waals surface area contributed by atoms with Gasteiger partial charge in [-0.3, -0.25) is 0 Å². The van der Waals surface area contributed by atoms with Gasteiger partial charge in [-0.15, -0.1) is 0 Å². The summed E-state index contributed by atoms with van der Waals surface area (Å²) in [7, 11) is 0. The van der Waals surface area contributed by atoms with E-state index in [9.17, 15) is 0 Å². The van der Waals surface area contributed by atoms with Gasteiger partial charge in [-0.05, 0) is 35.7 Å². The Hall–Kier alpha value is -1.41. The van der Waals surface area contributed by atoms with Crippen molar-refractivity contribution in [1.82, 2.24) is 0 Å². The average molecular weight is 243 g/mol. The molecule has 0 spiro atoms. The van der Waals surface area contributed by atoms with Crippen LogP contribution in [0.3, 0.4) is 0 Å². The van der Waals surface area contributed by atoms with Gasteiger partial charge in [0.1, 0.15) is 0 Å². The van der Waals surface area contributed by atoms with E-state index >= 15 is 0 Å². The Kier molecular flexibility index (Phi) is 4.10. The molecule has 2 aromatic carbocycles. The van der Waals surface area contributed by atoms with Crippen LogP contribution in [0.5, 0.6) is 0 Å². The van der Waals surface area contributed by atoms with E-state index < -0.39 is 0 Å². The van der Waals surface area contributed by atoms with Crippen LogP contribution in [0.15, 0.2) is 48.5 Å². The summed E-state index contributed by atoms with van der Waals surface area (Å²) in [4.78, 5) is 0. The molecule has 0 saturated heterocycles. The van der Waals surface area contributed by atoms with Gasteiger partial charge in [-0.2, -0.15) is 11.8 Å². The fourth-order valence-electron chi connectivity index (χ4n) is 1.73. The summed E-state index contributed by atoms with van der Waals surface area (Å²) in [5.74, 6) is 2.07. The van der Waals surface area contributed by atoms with Crippen LogP contribution >= 0.6 is 11.8 Å². The van der Waals surface area contributed by atoms with E-state index in [0.717, 1.165) is 17.2 Å². The molecule has 0 fully saturated rings. The Bertz CT molecular complexity index is 494. The van der Waals surface area contributed by atoms with E-state index in [1.807, 2.05) is 30.0 Å². The zero-order valence-electron chi connectivity index (χ0n) is 10.0. The van der Waals surface area contributed by atoms with Gasteiger partial charge in [0.15, 0.2) is 0 Å². The first-order chi connectivity index (χ1) is 8.25. The summed E-state index contributed by atoms with van der Waals surface area (Å²) in [5, 5.41) is 0. The lowest BCUT2D eigenvalue weighted by Crippen LogP contribution is -1.89. The van der Waals surface area contributed by atoms with E-state index in [0.29, 0.717) is 0 Å². The minimum Gasteiger partial charge on any atom is -0.399 e. The highest BCUT2D eigenvalue weighted by Crippen LogP contribution is 2.20. The fraction of sp³-hybridized carbons (Fsp3) is 0.200. The summed E-state index contributed by atoms with van der Waals surface area (Å²) in [5.41, 5.74) is 10.7. The minimum atomic E-state index is 0.846. The maximum absolute atomic E-state index is 5.76. The van der Waals surface area contributed by atoms with Crippen molar-refractivity contribution in [3.8, 4) is 0 Å². The molecule has 0 aliphatic carbocycles. The molecule has 2 heteroatoms. The molecular formula is C15H17NS. The normalized spacial score (nSPS) is 10.4. The van der Waals surface area contributed by atoms with Crippen molar-refractivity contribution in [1.29, 1.82) is 0 Å². The van der Waals surface area contributed by atoms with E-state index in [1.165, 1.54) is 16.7 Å². The Labute approximate surface area is 107 Å². The van der Waals surface area contributed by atoms with Crippen LogP contribution in [-0.4, -0.2) is 0 Å². The zero-order valence-corrected chi connectivity index (χ0v) is 10.8. The van der Waals surface area contributed by atoms with Crippen LogP contribution in [0.25, 0.3) is 0 Å². The van der Waals surface area contributed by atoms with Gasteiger partial charge in [-0.1, -0.05) is 36.4 Å². The molecule has 1 nitrogen and oxygen atoms in total. The summed E-state index contributed by atoms with van der Waals surface area (Å²) < 4.78 is 0. The van der Waals surface area contributed by atoms with Crippen LogP contribution < -0.4 is 5.73 Å². The number of thioether (sulfide) groups is 1. The van der Waals surface area contributed by atoms with Gasteiger partial charge in [0, 0.05) is 17.2 Å². The molecule has 2 aromatic rings. The molecule has 0 aliphatic heterocycles. The average Bonchev–Trinajstić information content (AvgIpc) is 2.32. The highest BCUT2D eigenvalue weighted by molar-refractivity contribution is 7.97. The van der Waals surface area contributed by atoms with Crippen molar-refractivity contribution < 1.29 is 0 Å². The molecule has 0 atom stereocenters. The van der Waals surface area contributed by atoms with Gasteiger partial charge >= 0.3 is 0 Å². The zero-order chi connectivity index (χ0) is 12.1. The van der Waals surface area contributed by atoms with E-state index in [-0.39, 0.29) is 0 Å². The van der Waals surface area contributed by atoms with E-state index in [1.54, 1.807) is 0 Å². The van der Waals surface area contributed by atoms with Crippen molar-refractivity contribution in [3.63, 3.8) is 0 Å². The predicted molar refractivity (Wildman–Crippen MR) is 77.0 cm³/mol. The van der Waals surface area contributed by atoms with Crippen molar-refractivity contribution in [2.75, 3.05) is 5.73 Å². The highest BCUT2D eigenvalue weighted by atomic mass is 32.2. The van der Waals surface area contributed by atoms with Gasteiger partial charge < -0.3 is 5.73 Å². The largest absolute Gasteiger partial charge is 0.399 e. The molecule has 0 radical (unpaired) electrons. The second-order valence-corrected chi connectivity index (χ2v) is 5.15.